The summed E-state index contributed by atoms with van der Waals surface area (Å²) in [7, 11) is 0. The maximum absolute atomic E-state index is 5.79. The Balaban J connectivity index is 1.73. The second-order valence-corrected chi connectivity index (χ2v) is 5.22. The molecule has 0 amide bonds. The van der Waals surface area contributed by atoms with E-state index in [1.54, 1.807) is 0 Å². The average Bonchev–Trinajstić information content (AvgIpc) is 2.43. The number of aryl methyl sites for hydroxylation is 2. The second-order valence-electron chi connectivity index (χ2n) is 5.22. The van der Waals surface area contributed by atoms with Crippen molar-refractivity contribution < 1.29 is 0 Å². The van der Waals surface area contributed by atoms with Crippen molar-refractivity contribution in [3.05, 3.63) is 53.2 Å². The number of fused-ring (bicyclic) bond motifs is 1. The third-order valence-corrected chi connectivity index (χ3v) is 3.83. The van der Waals surface area contributed by atoms with Crippen LogP contribution in [0.15, 0.2) is 36.4 Å². The topological polar surface area (TPSA) is 50.9 Å². The normalized spacial score (nSPS) is 17.8. The molecule has 2 aromatic rings. The summed E-state index contributed by atoms with van der Waals surface area (Å²) in [5.74, 6) is 0.927. The molecule has 0 radical (unpaired) electrons. The molecule has 1 atom stereocenters. The van der Waals surface area contributed by atoms with Crippen molar-refractivity contribution >= 4 is 11.5 Å². The third kappa shape index (κ3) is 2.55. The van der Waals surface area contributed by atoms with Crippen LogP contribution in [0.4, 0.5) is 11.5 Å². The van der Waals surface area contributed by atoms with E-state index in [1.807, 2.05) is 19.1 Å². The monoisotopic (exact) mass is 253 g/mol. The molecule has 1 aromatic heterocycles. The highest BCUT2D eigenvalue weighted by molar-refractivity contribution is 5.49. The van der Waals surface area contributed by atoms with E-state index in [-0.39, 0.29) is 0 Å². The van der Waals surface area contributed by atoms with E-state index < -0.39 is 0 Å². The Kier molecular flexibility index (Phi) is 3.11. The van der Waals surface area contributed by atoms with E-state index >= 15 is 0 Å². The predicted octanol–water partition coefficient (Wildman–Crippen LogP) is 2.94. The van der Waals surface area contributed by atoms with Gasteiger partial charge < -0.3 is 11.1 Å². The van der Waals surface area contributed by atoms with Gasteiger partial charge in [0.25, 0.3) is 0 Å². The van der Waals surface area contributed by atoms with Crippen LogP contribution in [0.3, 0.4) is 0 Å². The van der Waals surface area contributed by atoms with Crippen molar-refractivity contribution in [3.63, 3.8) is 0 Å². The van der Waals surface area contributed by atoms with E-state index in [9.17, 15) is 0 Å². The Labute approximate surface area is 113 Å². The van der Waals surface area contributed by atoms with Gasteiger partial charge in [0.15, 0.2) is 0 Å². The van der Waals surface area contributed by atoms with E-state index in [0.717, 1.165) is 36.5 Å². The lowest BCUT2D eigenvalue weighted by Gasteiger charge is -2.26. The predicted molar refractivity (Wildman–Crippen MR) is 79.3 cm³/mol. The first kappa shape index (κ1) is 12.0. The highest BCUT2D eigenvalue weighted by atomic mass is 15.0. The highest BCUT2D eigenvalue weighted by Crippen LogP contribution is 2.23. The third-order valence-electron chi connectivity index (χ3n) is 3.83. The number of nitrogens with zero attached hydrogens (tertiary/aromatic N) is 1. The molecule has 0 spiro atoms. The van der Waals surface area contributed by atoms with Gasteiger partial charge >= 0.3 is 0 Å². The lowest BCUT2D eigenvalue weighted by Crippen LogP contribution is -2.27. The van der Waals surface area contributed by atoms with Gasteiger partial charge in [0.05, 0.1) is 11.4 Å². The molecule has 1 unspecified atom stereocenters. The highest BCUT2D eigenvalue weighted by Gasteiger charge is 2.18. The first-order valence-corrected chi connectivity index (χ1v) is 6.79. The Morgan fingerprint density at radius 2 is 1.95 bits per heavy atom. The molecule has 3 nitrogen and oxygen atoms in total. The molecule has 1 aromatic carbocycles. The number of anilines is 2. The molecule has 19 heavy (non-hydrogen) atoms. The number of nitrogens with one attached hydrogen (secondary N) is 1. The molecule has 3 rings (SSSR count). The Morgan fingerprint density at radius 1 is 1.16 bits per heavy atom. The summed E-state index contributed by atoms with van der Waals surface area (Å²) in [4.78, 5) is 4.49. The van der Waals surface area contributed by atoms with Gasteiger partial charge in [-0.2, -0.15) is 0 Å². The molecule has 0 saturated heterocycles. The van der Waals surface area contributed by atoms with Crippen molar-refractivity contribution in [1.29, 1.82) is 0 Å². The minimum atomic E-state index is 0.463. The number of rotatable bonds is 2. The van der Waals surface area contributed by atoms with Gasteiger partial charge in [0, 0.05) is 6.04 Å². The van der Waals surface area contributed by atoms with E-state index in [2.05, 4.69) is 34.6 Å². The Morgan fingerprint density at radius 3 is 2.74 bits per heavy atom. The number of hydrogen-bond donors (Lipinski definition) is 2. The van der Waals surface area contributed by atoms with Crippen molar-refractivity contribution in [1.82, 2.24) is 4.98 Å². The molecule has 1 aliphatic carbocycles. The van der Waals surface area contributed by atoms with E-state index in [1.165, 1.54) is 11.1 Å². The van der Waals surface area contributed by atoms with Gasteiger partial charge in [-0.05, 0) is 49.4 Å². The molecule has 0 fully saturated rings. The fourth-order valence-corrected chi connectivity index (χ4v) is 2.68. The van der Waals surface area contributed by atoms with Crippen molar-refractivity contribution in [3.8, 4) is 0 Å². The summed E-state index contributed by atoms with van der Waals surface area (Å²) in [6.07, 6.45) is 3.37. The van der Waals surface area contributed by atoms with Crippen LogP contribution in [0.1, 0.15) is 23.2 Å². The van der Waals surface area contributed by atoms with Crippen molar-refractivity contribution in [2.75, 3.05) is 11.1 Å². The largest absolute Gasteiger partial charge is 0.397 e. The number of benzene rings is 1. The summed E-state index contributed by atoms with van der Waals surface area (Å²) < 4.78 is 0. The summed E-state index contributed by atoms with van der Waals surface area (Å²) in [5.41, 5.74) is 10.4. The van der Waals surface area contributed by atoms with Crippen molar-refractivity contribution in [2.24, 2.45) is 0 Å². The van der Waals surface area contributed by atoms with E-state index in [0.29, 0.717) is 6.04 Å². The SMILES string of the molecule is Cc1nc(NC2CCc3ccccc3C2)ccc1N. The van der Waals surface area contributed by atoms with Gasteiger partial charge in [-0.25, -0.2) is 4.98 Å². The Bertz CT molecular complexity index is 592. The molecular weight excluding hydrogens is 234 g/mol. The maximum Gasteiger partial charge on any atom is 0.126 e. The average molecular weight is 253 g/mol. The number of aromatic nitrogens is 1. The first-order valence-electron chi connectivity index (χ1n) is 6.79. The fraction of sp³-hybridized carbons (Fsp3) is 0.312. The standard InChI is InChI=1S/C16H19N3/c1-11-15(17)8-9-16(18-11)19-14-7-6-12-4-2-3-5-13(12)10-14/h2-5,8-9,14H,6-7,10,17H2,1H3,(H,18,19). The van der Waals surface area contributed by atoms with Gasteiger partial charge in [-0.15, -0.1) is 0 Å². The van der Waals surface area contributed by atoms with Crippen LogP contribution in [-0.4, -0.2) is 11.0 Å². The summed E-state index contributed by atoms with van der Waals surface area (Å²) in [6.45, 7) is 1.94. The lowest BCUT2D eigenvalue weighted by molar-refractivity contribution is 0.608. The zero-order valence-corrected chi connectivity index (χ0v) is 11.2. The van der Waals surface area contributed by atoms with Gasteiger partial charge in [-0.3, -0.25) is 0 Å². The summed E-state index contributed by atoms with van der Waals surface area (Å²) >= 11 is 0. The summed E-state index contributed by atoms with van der Waals surface area (Å²) in [6, 6.07) is 13.0. The van der Waals surface area contributed by atoms with Crippen LogP contribution >= 0.6 is 0 Å². The van der Waals surface area contributed by atoms with Crippen LogP contribution in [0.2, 0.25) is 0 Å². The lowest BCUT2D eigenvalue weighted by atomic mass is 9.88. The van der Waals surface area contributed by atoms with Crippen LogP contribution in [-0.2, 0) is 12.8 Å². The molecule has 3 N–H and O–H groups in total. The minimum Gasteiger partial charge on any atom is -0.397 e. The van der Waals surface area contributed by atoms with E-state index in [4.69, 9.17) is 5.73 Å². The first-order chi connectivity index (χ1) is 9.22. The molecule has 1 aliphatic rings. The Hall–Kier alpha value is -2.03. The quantitative estimate of drug-likeness (QED) is 0.865. The molecule has 0 aliphatic heterocycles. The zero-order chi connectivity index (χ0) is 13.2. The smallest absolute Gasteiger partial charge is 0.126 e. The van der Waals surface area contributed by atoms with Gasteiger partial charge in [-0.1, -0.05) is 24.3 Å². The minimum absolute atomic E-state index is 0.463. The number of nitrogens with two attached hydrogens (primary N) is 1. The molecule has 1 heterocycles. The van der Waals surface area contributed by atoms with Crippen LogP contribution < -0.4 is 11.1 Å². The number of pyridine rings is 1. The van der Waals surface area contributed by atoms with Crippen molar-refractivity contribution in [2.45, 2.75) is 32.2 Å². The van der Waals surface area contributed by atoms with Gasteiger partial charge in [0.2, 0.25) is 0 Å². The molecule has 3 heteroatoms. The molecule has 0 saturated carbocycles. The van der Waals surface area contributed by atoms with Crippen LogP contribution in [0, 0.1) is 6.92 Å². The second kappa shape index (κ2) is 4.92. The molecule has 98 valence electrons. The zero-order valence-electron chi connectivity index (χ0n) is 11.2. The molecule has 0 bridgehead atoms. The van der Waals surface area contributed by atoms with Crippen LogP contribution in [0.25, 0.3) is 0 Å². The fourth-order valence-electron chi connectivity index (χ4n) is 2.68. The summed E-state index contributed by atoms with van der Waals surface area (Å²) in [5, 5.41) is 3.52. The number of nitrogen functional groups attached to an aromatic ring is 1. The number of hydrogen-bond acceptors (Lipinski definition) is 3. The molecular formula is C16H19N3. The maximum atomic E-state index is 5.79. The van der Waals surface area contributed by atoms with Crippen LogP contribution in [0.5, 0.6) is 0 Å². The van der Waals surface area contributed by atoms with Gasteiger partial charge in [0.1, 0.15) is 5.82 Å².